The molecule has 1 aromatic rings. The predicted molar refractivity (Wildman–Crippen MR) is 50.9 cm³/mol. The molecular weight excluding hydrogens is 203 g/mol. The van der Waals surface area contributed by atoms with Crippen LogP contribution in [0, 0.1) is 5.41 Å². The zero-order valence-electron chi connectivity index (χ0n) is 7.42. The van der Waals surface area contributed by atoms with Crippen molar-refractivity contribution in [3.05, 3.63) is 11.6 Å². The number of amides is 1. The molecule has 1 aromatic heterocycles. The van der Waals surface area contributed by atoms with Gasteiger partial charge in [0.15, 0.2) is 5.13 Å². The molecule has 3 nitrogen and oxygen atoms in total. The van der Waals surface area contributed by atoms with Crippen LogP contribution in [0.5, 0.6) is 0 Å². The van der Waals surface area contributed by atoms with Crippen LogP contribution in [0.4, 0.5) is 9.52 Å². The second kappa shape index (κ2) is 2.34. The third kappa shape index (κ3) is 0.958. The molecule has 4 rings (SSSR count). The molecule has 74 valence electrons. The number of nitrogens with zero attached hydrogens (tertiary/aromatic N) is 1. The molecule has 2 bridgehead atoms. The number of aromatic nitrogens is 1. The summed E-state index contributed by atoms with van der Waals surface area (Å²) < 4.78 is 13.2. The molecule has 0 atom stereocenters. The van der Waals surface area contributed by atoms with E-state index in [1.54, 1.807) is 11.6 Å². The number of anilines is 1. The smallest absolute Gasteiger partial charge is 0.232 e. The van der Waals surface area contributed by atoms with Gasteiger partial charge in [-0.1, -0.05) is 0 Å². The van der Waals surface area contributed by atoms with E-state index in [2.05, 4.69) is 10.3 Å². The van der Waals surface area contributed by atoms with E-state index in [-0.39, 0.29) is 5.91 Å². The minimum atomic E-state index is -1.01. The quantitative estimate of drug-likeness (QED) is 0.814. The van der Waals surface area contributed by atoms with Gasteiger partial charge in [0.1, 0.15) is 5.67 Å². The van der Waals surface area contributed by atoms with Crippen molar-refractivity contribution in [2.45, 2.75) is 24.9 Å². The van der Waals surface area contributed by atoms with E-state index in [4.69, 9.17) is 0 Å². The average Bonchev–Trinajstić information content (AvgIpc) is 2.49. The van der Waals surface area contributed by atoms with Gasteiger partial charge >= 0.3 is 0 Å². The Hall–Kier alpha value is -0.970. The van der Waals surface area contributed by atoms with Crippen LogP contribution in [0.3, 0.4) is 0 Å². The lowest BCUT2D eigenvalue weighted by molar-refractivity contribution is -0.209. The van der Waals surface area contributed by atoms with Crippen molar-refractivity contribution >= 4 is 22.4 Å². The van der Waals surface area contributed by atoms with Crippen LogP contribution < -0.4 is 5.32 Å². The first kappa shape index (κ1) is 8.35. The summed E-state index contributed by atoms with van der Waals surface area (Å²) in [6.45, 7) is 0. The van der Waals surface area contributed by atoms with Crippen LogP contribution in [0.1, 0.15) is 19.3 Å². The summed E-state index contributed by atoms with van der Waals surface area (Å²) in [6, 6.07) is 0. The first-order valence-electron chi connectivity index (χ1n) is 4.52. The van der Waals surface area contributed by atoms with Gasteiger partial charge in [-0.25, -0.2) is 9.37 Å². The van der Waals surface area contributed by atoms with Crippen LogP contribution in [0.15, 0.2) is 11.6 Å². The highest BCUT2D eigenvalue weighted by atomic mass is 32.1. The minimum absolute atomic E-state index is 0.0630. The number of alkyl halides is 1. The van der Waals surface area contributed by atoms with Gasteiger partial charge in [0.25, 0.3) is 0 Å². The molecule has 3 fully saturated rings. The first-order valence-corrected chi connectivity index (χ1v) is 5.40. The summed E-state index contributed by atoms with van der Waals surface area (Å²) in [5, 5.41) is 5.13. The Morgan fingerprint density at radius 1 is 1.57 bits per heavy atom. The van der Waals surface area contributed by atoms with Crippen LogP contribution >= 0.6 is 11.3 Å². The molecule has 3 saturated carbocycles. The molecule has 3 aliphatic rings. The molecule has 5 heteroatoms. The average molecular weight is 212 g/mol. The highest BCUT2D eigenvalue weighted by molar-refractivity contribution is 7.13. The molecule has 1 N–H and O–H groups in total. The van der Waals surface area contributed by atoms with Gasteiger partial charge in [0.2, 0.25) is 5.91 Å². The third-order valence-electron chi connectivity index (χ3n) is 3.10. The van der Waals surface area contributed by atoms with Crippen molar-refractivity contribution in [2.75, 3.05) is 5.32 Å². The molecular formula is C9H9FN2OS. The Balaban J connectivity index is 1.68. The van der Waals surface area contributed by atoms with Crippen molar-refractivity contribution in [3.63, 3.8) is 0 Å². The largest absolute Gasteiger partial charge is 0.301 e. The van der Waals surface area contributed by atoms with Crippen LogP contribution in [0.2, 0.25) is 0 Å². The molecule has 0 aliphatic heterocycles. The molecule has 3 aliphatic carbocycles. The van der Waals surface area contributed by atoms with Crippen molar-refractivity contribution in [2.24, 2.45) is 5.41 Å². The van der Waals surface area contributed by atoms with E-state index >= 15 is 0 Å². The number of thiazole rings is 1. The highest BCUT2D eigenvalue weighted by Gasteiger charge is 2.72. The molecule has 0 spiro atoms. The van der Waals surface area contributed by atoms with E-state index in [1.807, 2.05) is 0 Å². The summed E-state index contributed by atoms with van der Waals surface area (Å²) in [5.74, 6) is -0.0630. The van der Waals surface area contributed by atoms with Gasteiger partial charge in [-0.2, -0.15) is 0 Å². The van der Waals surface area contributed by atoms with Gasteiger partial charge < -0.3 is 5.32 Å². The SMILES string of the molecule is O=C(Nc1nccs1)C12CC(F)(C1)C2. The summed E-state index contributed by atoms with van der Waals surface area (Å²) >= 11 is 1.38. The maximum absolute atomic E-state index is 13.2. The monoisotopic (exact) mass is 212 g/mol. The van der Waals surface area contributed by atoms with Gasteiger partial charge in [-0.05, 0) is 19.3 Å². The number of carbonyl (C=O) groups excluding carboxylic acids is 1. The van der Waals surface area contributed by atoms with Crippen molar-refractivity contribution in [1.29, 1.82) is 0 Å². The van der Waals surface area contributed by atoms with E-state index in [0.717, 1.165) is 0 Å². The summed E-state index contributed by atoms with van der Waals surface area (Å²) in [4.78, 5) is 15.6. The Kier molecular flexibility index (Phi) is 1.39. The minimum Gasteiger partial charge on any atom is -0.301 e. The lowest BCUT2D eigenvalue weighted by Crippen LogP contribution is -2.68. The Labute approximate surface area is 84.3 Å². The second-order valence-electron chi connectivity index (χ2n) is 4.25. The topological polar surface area (TPSA) is 42.0 Å². The fourth-order valence-electron chi connectivity index (χ4n) is 2.42. The predicted octanol–water partition coefficient (Wildman–Crippen LogP) is 1.97. The van der Waals surface area contributed by atoms with Gasteiger partial charge in [-0.3, -0.25) is 4.79 Å². The normalized spacial score (nSPS) is 38.4. The third-order valence-corrected chi connectivity index (χ3v) is 3.79. The Morgan fingerprint density at radius 2 is 2.29 bits per heavy atom. The maximum atomic E-state index is 13.2. The number of carbonyl (C=O) groups is 1. The standard InChI is InChI=1S/C9H9FN2OS/c10-9-3-8(4-9,5-9)6(13)12-7-11-1-2-14-7/h1-2H,3-5H2,(H,11,12,13). The van der Waals surface area contributed by atoms with E-state index < -0.39 is 11.1 Å². The van der Waals surface area contributed by atoms with Crippen LogP contribution in [0.25, 0.3) is 0 Å². The first-order chi connectivity index (χ1) is 6.62. The zero-order valence-corrected chi connectivity index (χ0v) is 8.23. The number of halogens is 1. The lowest BCUT2D eigenvalue weighted by atomic mass is 9.42. The Morgan fingerprint density at radius 3 is 2.79 bits per heavy atom. The van der Waals surface area contributed by atoms with Gasteiger partial charge in [0.05, 0.1) is 5.41 Å². The van der Waals surface area contributed by atoms with Crippen LogP contribution in [-0.4, -0.2) is 16.6 Å². The summed E-state index contributed by atoms with van der Waals surface area (Å²) in [7, 11) is 0. The highest BCUT2D eigenvalue weighted by Crippen LogP contribution is 2.69. The van der Waals surface area contributed by atoms with E-state index in [1.165, 1.54) is 11.3 Å². The molecule has 14 heavy (non-hydrogen) atoms. The zero-order chi connectivity index (χ0) is 9.81. The van der Waals surface area contributed by atoms with E-state index in [9.17, 15) is 9.18 Å². The molecule has 0 radical (unpaired) electrons. The molecule has 0 unspecified atom stereocenters. The lowest BCUT2D eigenvalue weighted by Gasteiger charge is -2.64. The fourth-order valence-corrected chi connectivity index (χ4v) is 2.94. The van der Waals surface area contributed by atoms with Crippen molar-refractivity contribution in [3.8, 4) is 0 Å². The number of nitrogens with one attached hydrogen (secondary N) is 1. The summed E-state index contributed by atoms with van der Waals surface area (Å²) in [5.41, 5.74) is -1.42. The fraction of sp³-hybridized carbons (Fsp3) is 0.556. The van der Waals surface area contributed by atoms with E-state index in [0.29, 0.717) is 24.4 Å². The van der Waals surface area contributed by atoms with Gasteiger partial charge in [-0.15, -0.1) is 11.3 Å². The molecule has 0 saturated heterocycles. The van der Waals surface area contributed by atoms with Crippen molar-refractivity contribution < 1.29 is 9.18 Å². The molecule has 1 heterocycles. The summed E-state index contributed by atoms with van der Waals surface area (Å²) in [6.07, 6.45) is 2.84. The van der Waals surface area contributed by atoms with Crippen molar-refractivity contribution in [1.82, 2.24) is 4.98 Å². The number of rotatable bonds is 2. The molecule has 1 amide bonds. The Bertz CT molecular complexity index is 370. The number of hydrogen-bond donors (Lipinski definition) is 1. The van der Waals surface area contributed by atoms with Gasteiger partial charge in [0, 0.05) is 11.6 Å². The van der Waals surface area contributed by atoms with Crippen LogP contribution in [-0.2, 0) is 4.79 Å². The number of hydrogen-bond acceptors (Lipinski definition) is 3. The maximum Gasteiger partial charge on any atom is 0.232 e. The second-order valence-corrected chi connectivity index (χ2v) is 5.15. The molecule has 0 aromatic carbocycles.